The van der Waals surface area contributed by atoms with Crippen molar-refractivity contribution in [2.24, 2.45) is 0 Å². The van der Waals surface area contributed by atoms with E-state index in [1.165, 1.54) is 141 Å². The quantitative estimate of drug-likeness (QED) is 0.0261. The van der Waals surface area contributed by atoms with Gasteiger partial charge in [-0.05, 0) is 122 Å². The van der Waals surface area contributed by atoms with E-state index in [0.717, 1.165) is 135 Å². The molecule has 0 aliphatic carbocycles. The van der Waals surface area contributed by atoms with Gasteiger partial charge in [0.15, 0.2) is 6.10 Å². The van der Waals surface area contributed by atoms with Crippen molar-refractivity contribution < 1.29 is 28.6 Å². The Morgan fingerprint density at radius 3 is 0.765 bits per heavy atom. The van der Waals surface area contributed by atoms with Crippen molar-refractivity contribution in [3.05, 3.63) is 122 Å². The van der Waals surface area contributed by atoms with Gasteiger partial charge in [-0.1, -0.05) is 296 Å². The summed E-state index contributed by atoms with van der Waals surface area (Å²) in [5, 5.41) is 0. The molecule has 81 heavy (non-hydrogen) atoms. The van der Waals surface area contributed by atoms with Crippen molar-refractivity contribution in [3.63, 3.8) is 0 Å². The smallest absolute Gasteiger partial charge is 0.306 e. The summed E-state index contributed by atoms with van der Waals surface area (Å²) in [4.78, 5) is 38.3. The monoisotopic (exact) mass is 1120 g/mol. The lowest BCUT2D eigenvalue weighted by atomic mass is 10.0. The molecule has 0 amide bonds. The van der Waals surface area contributed by atoms with Crippen LogP contribution in [0.1, 0.15) is 316 Å². The molecule has 0 spiro atoms. The van der Waals surface area contributed by atoms with Gasteiger partial charge in [0.25, 0.3) is 0 Å². The van der Waals surface area contributed by atoms with Gasteiger partial charge in [-0.15, -0.1) is 0 Å². The molecule has 1 atom stereocenters. The van der Waals surface area contributed by atoms with E-state index in [9.17, 15) is 14.4 Å². The Balaban J connectivity index is 4.13. The SMILES string of the molecule is CC/C=C\C/C=C\C/C=C\C/C=C\C/C=C\CCCCCCCCCCCCCCCCCCCCCC(=O)OCC(COC(=O)CCCCCCC/C=C\CCCC)OC(=O)CCCCCC/C=C\C/C=C\C/C=C\C/C=C\CC. The van der Waals surface area contributed by atoms with Gasteiger partial charge < -0.3 is 14.2 Å². The summed E-state index contributed by atoms with van der Waals surface area (Å²) in [6.07, 6.45) is 95.2. The highest BCUT2D eigenvalue weighted by molar-refractivity contribution is 5.71. The summed E-state index contributed by atoms with van der Waals surface area (Å²) in [6, 6.07) is 0. The molecule has 6 nitrogen and oxygen atoms in total. The number of carbonyl (C=O) groups excluding carboxylic acids is 3. The van der Waals surface area contributed by atoms with Crippen LogP contribution in [0.4, 0.5) is 0 Å². The van der Waals surface area contributed by atoms with Crippen LogP contribution >= 0.6 is 0 Å². The molecular weight excluding hydrogens is 997 g/mol. The van der Waals surface area contributed by atoms with Crippen molar-refractivity contribution in [3.8, 4) is 0 Å². The van der Waals surface area contributed by atoms with E-state index in [0.29, 0.717) is 19.3 Å². The summed E-state index contributed by atoms with van der Waals surface area (Å²) >= 11 is 0. The Labute approximate surface area is 501 Å². The number of esters is 3. The molecule has 0 saturated heterocycles. The first kappa shape index (κ1) is 76.8. The van der Waals surface area contributed by atoms with E-state index in [4.69, 9.17) is 14.2 Å². The average molecular weight is 1120 g/mol. The Morgan fingerprint density at radius 2 is 0.481 bits per heavy atom. The molecule has 0 aliphatic heterocycles. The fourth-order valence-corrected chi connectivity index (χ4v) is 9.38. The van der Waals surface area contributed by atoms with E-state index >= 15 is 0 Å². The summed E-state index contributed by atoms with van der Waals surface area (Å²) in [6.45, 7) is 6.37. The topological polar surface area (TPSA) is 78.9 Å². The van der Waals surface area contributed by atoms with Crippen LogP contribution in [-0.4, -0.2) is 37.2 Å². The Bertz CT molecular complexity index is 1670. The maximum Gasteiger partial charge on any atom is 0.306 e. The molecule has 0 N–H and O–H groups in total. The second-order valence-corrected chi connectivity index (χ2v) is 22.3. The normalized spacial score (nSPS) is 12.9. The van der Waals surface area contributed by atoms with E-state index < -0.39 is 6.10 Å². The maximum absolute atomic E-state index is 12.9. The summed E-state index contributed by atoms with van der Waals surface area (Å²) in [5.74, 6) is -0.915. The van der Waals surface area contributed by atoms with E-state index in [1.807, 2.05) is 0 Å². The maximum atomic E-state index is 12.9. The lowest BCUT2D eigenvalue weighted by molar-refractivity contribution is -0.167. The number of hydrogen-bond donors (Lipinski definition) is 0. The Morgan fingerprint density at radius 1 is 0.259 bits per heavy atom. The van der Waals surface area contributed by atoms with Crippen molar-refractivity contribution in [2.75, 3.05) is 13.2 Å². The van der Waals surface area contributed by atoms with Gasteiger partial charge in [0.1, 0.15) is 13.2 Å². The highest BCUT2D eigenvalue weighted by atomic mass is 16.6. The van der Waals surface area contributed by atoms with E-state index in [2.05, 4.69) is 142 Å². The first-order valence-corrected chi connectivity index (χ1v) is 34.0. The molecule has 0 aromatic rings. The molecule has 1 unspecified atom stereocenters. The molecule has 0 heterocycles. The van der Waals surface area contributed by atoms with E-state index in [-0.39, 0.29) is 31.1 Å². The predicted octanol–water partition coefficient (Wildman–Crippen LogP) is 23.6. The fourth-order valence-electron chi connectivity index (χ4n) is 9.38. The summed E-state index contributed by atoms with van der Waals surface area (Å²) in [7, 11) is 0. The highest BCUT2D eigenvalue weighted by Crippen LogP contribution is 2.17. The minimum atomic E-state index is -0.795. The lowest BCUT2D eigenvalue weighted by Gasteiger charge is -2.18. The van der Waals surface area contributed by atoms with Crippen LogP contribution < -0.4 is 0 Å². The van der Waals surface area contributed by atoms with Crippen LogP contribution in [0.15, 0.2) is 122 Å². The van der Waals surface area contributed by atoms with Crippen LogP contribution in [0.3, 0.4) is 0 Å². The van der Waals surface area contributed by atoms with Gasteiger partial charge in [0.05, 0.1) is 0 Å². The summed E-state index contributed by atoms with van der Waals surface area (Å²) < 4.78 is 16.9. The molecular formula is C75H126O6. The molecule has 0 aromatic carbocycles. The van der Waals surface area contributed by atoms with Crippen molar-refractivity contribution in [2.45, 2.75) is 322 Å². The highest BCUT2D eigenvalue weighted by Gasteiger charge is 2.19. The predicted molar refractivity (Wildman–Crippen MR) is 353 cm³/mol. The van der Waals surface area contributed by atoms with Crippen molar-refractivity contribution >= 4 is 17.9 Å². The standard InChI is InChI=1S/C75H126O6/c1-4-7-10-13-16-19-22-24-26-28-29-30-31-32-33-34-35-36-37-38-39-40-41-42-43-44-45-47-48-50-53-56-59-62-65-68-74(77)80-71-72(70-79-73(76)67-64-61-58-55-52-21-18-15-12-9-6-3)81-75(78)69-66-63-60-57-54-51-49-46-27-25-23-20-17-14-11-8-5-2/h7-8,10-11,15-20,24-27,29-30,32-33,49,51,72H,4-6,9,12-14,21-23,28,31,34-48,50,52-71H2,1-3H3/b10-7-,11-8-,18-15-,19-16-,20-17-,26-24-,27-25-,30-29-,33-32-,51-49-. The third-order valence-corrected chi connectivity index (χ3v) is 14.4. The molecule has 0 bridgehead atoms. The third-order valence-electron chi connectivity index (χ3n) is 14.4. The van der Waals surface area contributed by atoms with Gasteiger partial charge >= 0.3 is 17.9 Å². The second-order valence-electron chi connectivity index (χ2n) is 22.3. The van der Waals surface area contributed by atoms with Crippen LogP contribution in [0.5, 0.6) is 0 Å². The average Bonchev–Trinajstić information content (AvgIpc) is 3.47. The Hall–Kier alpha value is -4.19. The number of ether oxygens (including phenoxy) is 3. The van der Waals surface area contributed by atoms with Crippen molar-refractivity contribution in [1.29, 1.82) is 0 Å². The molecule has 462 valence electrons. The van der Waals surface area contributed by atoms with E-state index in [1.54, 1.807) is 0 Å². The van der Waals surface area contributed by atoms with Crippen LogP contribution in [-0.2, 0) is 28.6 Å². The number of hydrogen-bond acceptors (Lipinski definition) is 6. The van der Waals surface area contributed by atoms with Gasteiger partial charge in [-0.3, -0.25) is 14.4 Å². The van der Waals surface area contributed by atoms with Crippen LogP contribution in [0.25, 0.3) is 0 Å². The molecule has 0 aliphatic rings. The first-order valence-electron chi connectivity index (χ1n) is 34.0. The fraction of sp³-hybridized carbons (Fsp3) is 0.693. The molecule has 0 saturated carbocycles. The lowest BCUT2D eigenvalue weighted by Crippen LogP contribution is -2.30. The number of rotatable bonds is 61. The zero-order chi connectivity index (χ0) is 58.5. The van der Waals surface area contributed by atoms with Gasteiger partial charge in [-0.2, -0.15) is 0 Å². The van der Waals surface area contributed by atoms with Crippen LogP contribution in [0.2, 0.25) is 0 Å². The first-order chi connectivity index (χ1) is 40.0. The minimum absolute atomic E-state index is 0.0894. The van der Waals surface area contributed by atoms with Gasteiger partial charge in [0.2, 0.25) is 0 Å². The number of unbranched alkanes of at least 4 members (excludes halogenated alkanes) is 30. The summed E-state index contributed by atoms with van der Waals surface area (Å²) in [5.41, 5.74) is 0. The largest absolute Gasteiger partial charge is 0.462 e. The molecule has 0 rings (SSSR count). The second kappa shape index (κ2) is 68.3. The molecule has 0 aromatic heterocycles. The van der Waals surface area contributed by atoms with Crippen LogP contribution in [0, 0.1) is 0 Å². The Kier molecular flexibility index (Phi) is 64.8. The number of allylic oxidation sites excluding steroid dienone is 20. The van der Waals surface area contributed by atoms with Gasteiger partial charge in [-0.25, -0.2) is 0 Å². The minimum Gasteiger partial charge on any atom is -0.462 e. The zero-order valence-corrected chi connectivity index (χ0v) is 53.0. The third kappa shape index (κ3) is 66.5. The molecule has 0 radical (unpaired) electrons. The molecule has 0 fully saturated rings. The number of carbonyl (C=O) groups is 3. The molecule has 6 heteroatoms. The van der Waals surface area contributed by atoms with Crippen molar-refractivity contribution in [1.82, 2.24) is 0 Å². The zero-order valence-electron chi connectivity index (χ0n) is 53.0. The van der Waals surface area contributed by atoms with Gasteiger partial charge in [0, 0.05) is 19.3 Å².